The Labute approximate surface area is 180 Å². The normalized spacial score (nSPS) is 12.7. The molecule has 0 aliphatic rings. The molecule has 31 heavy (non-hydrogen) atoms. The largest absolute Gasteiger partial charge is 0.477 e. The summed E-state index contributed by atoms with van der Waals surface area (Å²) in [5.74, 6) is 0.664. The number of methoxy groups -OCH3 is 1. The number of nitrogen functional groups attached to an aromatic ring is 1. The minimum absolute atomic E-state index is 0.104. The van der Waals surface area contributed by atoms with Crippen LogP contribution in [0.25, 0.3) is 11.3 Å². The van der Waals surface area contributed by atoms with E-state index in [9.17, 15) is 4.79 Å². The van der Waals surface area contributed by atoms with Crippen LogP contribution in [0.2, 0.25) is 0 Å². The molecule has 1 amide bonds. The highest BCUT2D eigenvalue weighted by molar-refractivity contribution is 5.98. The third-order valence-corrected chi connectivity index (χ3v) is 4.75. The molecule has 0 saturated heterocycles. The second kappa shape index (κ2) is 9.90. The molecule has 1 atom stereocenters. The fourth-order valence-corrected chi connectivity index (χ4v) is 2.92. The van der Waals surface area contributed by atoms with Crippen molar-refractivity contribution in [1.82, 2.24) is 24.9 Å². The summed E-state index contributed by atoms with van der Waals surface area (Å²) >= 11 is 0. The first-order valence-corrected chi connectivity index (χ1v) is 9.77. The Hall–Kier alpha value is -3.66. The van der Waals surface area contributed by atoms with Crippen molar-refractivity contribution in [2.45, 2.75) is 25.7 Å². The molecular weight excluding hydrogens is 398 g/mol. The van der Waals surface area contributed by atoms with E-state index in [1.807, 2.05) is 6.92 Å². The zero-order valence-electron chi connectivity index (χ0n) is 17.7. The molecule has 3 N–H and O–H groups in total. The monoisotopic (exact) mass is 423 g/mol. The van der Waals surface area contributed by atoms with Crippen LogP contribution in [0.5, 0.6) is 5.88 Å². The van der Waals surface area contributed by atoms with Gasteiger partial charge in [0.1, 0.15) is 5.82 Å². The van der Waals surface area contributed by atoms with Crippen LogP contribution in [-0.4, -0.2) is 51.2 Å². The zero-order valence-corrected chi connectivity index (χ0v) is 17.7. The lowest BCUT2D eigenvalue weighted by Gasteiger charge is -2.27. The van der Waals surface area contributed by atoms with Crippen molar-refractivity contribution < 1.29 is 14.3 Å². The van der Waals surface area contributed by atoms with E-state index in [1.54, 1.807) is 50.8 Å². The number of nitrogens with two attached hydrogens (primary N) is 1. The zero-order chi connectivity index (χ0) is 22.3. The van der Waals surface area contributed by atoms with E-state index in [2.05, 4.69) is 30.2 Å². The van der Waals surface area contributed by atoms with Gasteiger partial charge in [-0.2, -0.15) is 0 Å². The highest BCUT2D eigenvalue weighted by atomic mass is 16.5. The second-order valence-electron chi connectivity index (χ2n) is 6.94. The summed E-state index contributed by atoms with van der Waals surface area (Å²) < 4.78 is 10.6. The van der Waals surface area contributed by atoms with E-state index in [0.717, 1.165) is 5.56 Å². The van der Waals surface area contributed by atoms with Crippen LogP contribution in [0.1, 0.15) is 26.0 Å². The third-order valence-electron chi connectivity index (χ3n) is 4.75. The van der Waals surface area contributed by atoms with Crippen molar-refractivity contribution in [1.29, 1.82) is 0 Å². The van der Waals surface area contributed by atoms with Crippen LogP contribution in [0.3, 0.4) is 0 Å². The van der Waals surface area contributed by atoms with Gasteiger partial charge in [0, 0.05) is 31.7 Å². The predicted octanol–water partition coefficient (Wildman–Crippen LogP) is 2.24. The summed E-state index contributed by atoms with van der Waals surface area (Å²) in [4.78, 5) is 34.2. The smallest absolute Gasteiger partial charge is 0.237 e. The van der Waals surface area contributed by atoms with Gasteiger partial charge in [-0.15, -0.1) is 0 Å². The number of carbonyl (C=O) groups excluding carboxylic acids is 1. The summed E-state index contributed by atoms with van der Waals surface area (Å²) in [7, 11) is 1.58. The van der Waals surface area contributed by atoms with E-state index in [4.69, 9.17) is 15.2 Å². The number of rotatable bonds is 9. The highest BCUT2D eigenvalue weighted by Gasteiger charge is 2.37. The SMILES string of the molecule is CCOc1cncc(-c2ccc(NC(=O)C(C)(CCOC)c3ccnc(N)n3)nc2)n1. The molecule has 0 aliphatic carbocycles. The quantitative estimate of drug-likeness (QED) is 0.530. The van der Waals surface area contributed by atoms with Gasteiger partial charge >= 0.3 is 0 Å². The van der Waals surface area contributed by atoms with E-state index in [0.29, 0.717) is 42.7 Å². The van der Waals surface area contributed by atoms with Gasteiger partial charge in [-0.05, 0) is 38.5 Å². The molecule has 10 heteroatoms. The first-order valence-electron chi connectivity index (χ1n) is 9.77. The predicted molar refractivity (Wildman–Crippen MR) is 115 cm³/mol. The van der Waals surface area contributed by atoms with Crippen molar-refractivity contribution in [3.63, 3.8) is 0 Å². The van der Waals surface area contributed by atoms with E-state index < -0.39 is 5.41 Å². The van der Waals surface area contributed by atoms with Gasteiger partial charge in [0.05, 0.1) is 35.8 Å². The second-order valence-corrected chi connectivity index (χ2v) is 6.94. The fraction of sp³-hybridized carbons (Fsp3) is 0.333. The van der Waals surface area contributed by atoms with Gasteiger partial charge in [-0.3, -0.25) is 9.78 Å². The molecule has 10 nitrogen and oxygen atoms in total. The van der Waals surface area contributed by atoms with Crippen LogP contribution in [0.15, 0.2) is 43.0 Å². The van der Waals surface area contributed by atoms with E-state index in [-0.39, 0.29) is 11.9 Å². The molecule has 162 valence electrons. The topological polar surface area (TPSA) is 138 Å². The van der Waals surface area contributed by atoms with E-state index in [1.165, 1.54) is 6.20 Å². The van der Waals surface area contributed by atoms with Crippen LogP contribution in [0.4, 0.5) is 11.8 Å². The molecule has 3 aromatic heterocycles. The molecule has 0 aliphatic heterocycles. The Morgan fingerprint density at radius 2 is 2.00 bits per heavy atom. The molecule has 3 aromatic rings. The van der Waals surface area contributed by atoms with Crippen molar-refractivity contribution in [2.24, 2.45) is 0 Å². The summed E-state index contributed by atoms with van der Waals surface area (Å²) in [6.45, 7) is 4.53. The average molecular weight is 423 g/mol. The van der Waals surface area contributed by atoms with Crippen LogP contribution >= 0.6 is 0 Å². The minimum atomic E-state index is -0.981. The molecule has 0 radical (unpaired) electrons. The molecule has 3 heterocycles. The summed E-state index contributed by atoms with van der Waals surface area (Å²) in [6.07, 6.45) is 6.73. The maximum atomic E-state index is 13.2. The van der Waals surface area contributed by atoms with Gasteiger partial charge in [0.2, 0.25) is 17.7 Å². The summed E-state index contributed by atoms with van der Waals surface area (Å²) in [6, 6.07) is 5.18. The molecule has 0 fully saturated rings. The standard InChI is InChI=1S/C21H25N7O3/c1-4-31-18-13-23-12-15(26-18)14-5-6-17(25-11-14)28-19(29)21(2,8-10-30-3)16-7-9-24-20(22)27-16/h5-7,9,11-13H,4,8,10H2,1-3H3,(H2,22,24,27)(H,25,28,29). The minimum Gasteiger partial charge on any atom is -0.477 e. The average Bonchev–Trinajstić information content (AvgIpc) is 2.78. The number of carbonyl (C=O) groups is 1. The van der Waals surface area contributed by atoms with Crippen molar-refractivity contribution >= 4 is 17.7 Å². The number of pyridine rings is 1. The number of anilines is 2. The van der Waals surface area contributed by atoms with Crippen molar-refractivity contribution in [3.05, 3.63) is 48.7 Å². The van der Waals surface area contributed by atoms with Crippen molar-refractivity contribution in [2.75, 3.05) is 31.4 Å². The molecule has 0 bridgehead atoms. The first kappa shape index (κ1) is 22.0. The Morgan fingerprint density at radius 1 is 1.16 bits per heavy atom. The van der Waals surface area contributed by atoms with Crippen LogP contribution in [-0.2, 0) is 14.9 Å². The number of amides is 1. The van der Waals surface area contributed by atoms with Gasteiger partial charge < -0.3 is 20.5 Å². The maximum Gasteiger partial charge on any atom is 0.237 e. The number of nitrogens with zero attached hydrogens (tertiary/aromatic N) is 5. The van der Waals surface area contributed by atoms with Gasteiger partial charge in [0.25, 0.3) is 0 Å². The molecule has 0 spiro atoms. The van der Waals surface area contributed by atoms with E-state index >= 15 is 0 Å². The first-order chi connectivity index (χ1) is 15.0. The lowest BCUT2D eigenvalue weighted by Crippen LogP contribution is -2.39. The maximum absolute atomic E-state index is 13.2. The number of hydrogen-bond donors (Lipinski definition) is 2. The highest BCUT2D eigenvalue weighted by Crippen LogP contribution is 2.28. The lowest BCUT2D eigenvalue weighted by atomic mass is 9.82. The number of nitrogens with one attached hydrogen (secondary N) is 1. The number of ether oxygens (including phenoxy) is 2. The Balaban J connectivity index is 1.80. The van der Waals surface area contributed by atoms with Crippen LogP contribution < -0.4 is 15.8 Å². The Bertz CT molecular complexity index is 1030. The number of hydrogen-bond acceptors (Lipinski definition) is 9. The van der Waals surface area contributed by atoms with Gasteiger partial charge in [-0.1, -0.05) is 0 Å². The molecule has 0 saturated carbocycles. The molecule has 0 aromatic carbocycles. The Morgan fingerprint density at radius 3 is 2.68 bits per heavy atom. The third kappa shape index (κ3) is 5.28. The van der Waals surface area contributed by atoms with Gasteiger partial charge in [-0.25, -0.2) is 19.9 Å². The summed E-state index contributed by atoms with van der Waals surface area (Å²) in [5.41, 5.74) is 6.62. The fourth-order valence-electron chi connectivity index (χ4n) is 2.92. The lowest BCUT2D eigenvalue weighted by molar-refractivity contribution is -0.121. The molecular formula is C21H25N7O3. The Kier molecular flexibility index (Phi) is 7.03. The van der Waals surface area contributed by atoms with Gasteiger partial charge in [0.15, 0.2) is 0 Å². The van der Waals surface area contributed by atoms with Crippen molar-refractivity contribution in [3.8, 4) is 17.1 Å². The molecule has 3 rings (SSSR count). The number of aromatic nitrogens is 5. The van der Waals surface area contributed by atoms with Crippen LogP contribution in [0, 0.1) is 0 Å². The molecule has 1 unspecified atom stereocenters. The summed E-state index contributed by atoms with van der Waals surface area (Å²) in [5, 5.41) is 2.85.